The maximum Gasteiger partial charge on any atom is 0.256 e. The van der Waals surface area contributed by atoms with Crippen LogP contribution >= 0.6 is 23.4 Å². The van der Waals surface area contributed by atoms with Crippen molar-refractivity contribution in [1.29, 1.82) is 0 Å². The van der Waals surface area contributed by atoms with Crippen molar-refractivity contribution in [2.24, 2.45) is 0 Å². The molecule has 1 aromatic heterocycles. The van der Waals surface area contributed by atoms with E-state index in [9.17, 15) is 0 Å². The summed E-state index contributed by atoms with van der Waals surface area (Å²) in [5, 5.41) is 1.36. The minimum absolute atomic E-state index is 0.649. The first-order valence-electron chi connectivity index (χ1n) is 4.74. The van der Waals surface area contributed by atoms with Crippen LogP contribution < -0.4 is 5.73 Å². The third-order valence-electron chi connectivity index (χ3n) is 2.02. The number of hydrogen-bond acceptors (Lipinski definition) is 4. The number of nitrogen functional groups attached to an aromatic ring is 1. The van der Waals surface area contributed by atoms with E-state index >= 15 is 0 Å². The fourth-order valence-corrected chi connectivity index (χ4v) is 2.35. The van der Waals surface area contributed by atoms with E-state index in [4.69, 9.17) is 21.8 Å². The van der Waals surface area contributed by atoms with Gasteiger partial charge in [-0.25, -0.2) is 4.98 Å². The molecule has 0 saturated heterocycles. The number of nitrogens with two attached hydrogens (primary N) is 1. The first-order valence-corrected chi connectivity index (χ1v) is 6.10. The van der Waals surface area contributed by atoms with Crippen molar-refractivity contribution in [2.45, 2.75) is 17.9 Å². The maximum absolute atomic E-state index is 6.05. The van der Waals surface area contributed by atoms with Crippen molar-refractivity contribution in [1.82, 2.24) is 4.98 Å². The van der Waals surface area contributed by atoms with Gasteiger partial charge in [0.05, 0.1) is 5.69 Å². The highest BCUT2D eigenvalue weighted by atomic mass is 35.5. The third-order valence-corrected chi connectivity index (χ3v) is 3.28. The summed E-state index contributed by atoms with van der Waals surface area (Å²) in [5.41, 5.74) is 8.27. The SMILES string of the molecule is Cc1coc(SCc2cc(N)ccc2Cl)n1. The van der Waals surface area contributed by atoms with Crippen LogP contribution in [0.1, 0.15) is 11.3 Å². The van der Waals surface area contributed by atoms with Crippen molar-refractivity contribution >= 4 is 29.1 Å². The van der Waals surface area contributed by atoms with Crippen LogP contribution in [0.5, 0.6) is 0 Å². The Morgan fingerprint density at radius 2 is 2.31 bits per heavy atom. The van der Waals surface area contributed by atoms with Crippen LogP contribution in [0.4, 0.5) is 5.69 Å². The predicted octanol–water partition coefficient (Wildman–Crippen LogP) is 3.51. The maximum atomic E-state index is 6.05. The molecule has 0 saturated carbocycles. The molecule has 0 spiro atoms. The second-order valence-electron chi connectivity index (χ2n) is 3.39. The van der Waals surface area contributed by atoms with Crippen LogP contribution in [0.25, 0.3) is 0 Å². The van der Waals surface area contributed by atoms with Crippen LogP contribution in [-0.2, 0) is 5.75 Å². The van der Waals surface area contributed by atoms with Crippen molar-refractivity contribution < 1.29 is 4.42 Å². The lowest BCUT2D eigenvalue weighted by atomic mass is 10.2. The van der Waals surface area contributed by atoms with Gasteiger partial charge in [-0.15, -0.1) is 0 Å². The molecule has 0 aliphatic carbocycles. The summed E-state index contributed by atoms with van der Waals surface area (Å²) in [6, 6.07) is 5.45. The van der Waals surface area contributed by atoms with Crippen LogP contribution in [0.3, 0.4) is 0 Å². The number of aromatic nitrogens is 1. The number of rotatable bonds is 3. The van der Waals surface area contributed by atoms with E-state index in [0.717, 1.165) is 11.3 Å². The van der Waals surface area contributed by atoms with Gasteiger partial charge >= 0.3 is 0 Å². The van der Waals surface area contributed by atoms with Crippen LogP contribution in [0.15, 0.2) is 34.1 Å². The van der Waals surface area contributed by atoms with E-state index in [0.29, 0.717) is 21.7 Å². The van der Waals surface area contributed by atoms with Crippen molar-refractivity contribution in [3.63, 3.8) is 0 Å². The predicted molar refractivity (Wildman–Crippen MR) is 66.7 cm³/mol. The van der Waals surface area contributed by atoms with Gasteiger partial charge < -0.3 is 10.2 Å². The lowest BCUT2D eigenvalue weighted by Gasteiger charge is -2.03. The average Bonchev–Trinajstić information content (AvgIpc) is 2.66. The van der Waals surface area contributed by atoms with Crippen LogP contribution in [0.2, 0.25) is 5.02 Å². The van der Waals surface area contributed by atoms with Crippen molar-refractivity contribution in [2.75, 3.05) is 5.73 Å². The zero-order valence-corrected chi connectivity index (χ0v) is 10.3. The van der Waals surface area contributed by atoms with Crippen LogP contribution in [0, 0.1) is 6.92 Å². The second-order valence-corrected chi connectivity index (χ2v) is 4.73. The summed E-state index contributed by atoms with van der Waals surface area (Å²) in [5.74, 6) is 0.698. The van der Waals surface area contributed by atoms with Gasteiger partial charge in [0, 0.05) is 16.5 Å². The average molecular weight is 255 g/mol. The molecular weight excluding hydrogens is 244 g/mol. The molecule has 0 bridgehead atoms. The summed E-state index contributed by atoms with van der Waals surface area (Å²) in [4.78, 5) is 4.20. The fourth-order valence-electron chi connectivity index (χ4n) is 1.24. The number of aryl methyl sites for hydroxylation is 1. The minimum Gasteiger partial charge on any atom is -0.440 e. The monoisotopic (exact) mass is 254 g/mol. The quantitative estimate of drug-likeness (QED) is 0.673. The lowest BCUT2D eigenvalue weighted by molar-refractivity contribution is 0.454. The van der Waals surface area contributed by atoms with E-state index in [1.807, 2.05) is 13.0 Å². The summed E-state index contributed by atoms with van der Waals surface area (Å²) in [6.07, 6.45) is 1.63. The standard InChI is InChI=1S/C11H11ClN2OS/c1-7-5-15-11(14-7)16-6-8-4-9(13)2-3-10(8)12/h2-5H,6,13H2,1H3. The first kappa shape index (κ1) is 11.4. The highest BCUT2D eigenvalue weighted by Gasteiger charge is 2.05. The number of benzene rings is 1. The van der Waals surface area contributed by atoms with E-state index in [1.165, 1.54) is 11.8 Å². The summed E-state index contributed by atoms with van der Waals surface area (Å²) < 4.78 is 5.23. The molecule has 0 unspecified atom stereocenters. The topological polar surface area (TPSA) is 52.0 Å². The van der Waals surface area contributed by atoms with E-state index in [-0.39, 0.29) is 0 Å². The smallest absolute Gasteiger partial charge is 0.256 e. The Morgan fingerprint density at radius 1 is 1.50 bits per heavy atom. The molecule has 5 heteroatoms. The number of hydrogen-bond donors (Lipinski definition) is 1. The van der Waals surface area contributed by atoms with Gasteiger partial charge in [0.2, 0.25) is 0 Å². The molecule has 1 aromatic carbocycles. The molecule has 16 heavy (non-hydrogen) atoms. The van der Waals surface area contributed by atoms with Gasteiger partial charge in [0.1, 0.15) is 6.26 Å². The lowest BCUT2D eigenvalue weighted by Crippen LogP contribution is -1.88. The number of nitrogens with zero attached hydrogens (tertiary/aromatic N) is 1. The van der Waals surface area contributed by atoms with E-state index in [2.05, 4.69) is 4.98 Å². The molecular formula is C11H11ClN2OS. The number of oxazole rings is 1. The molecule has 0 aliphatic heterocycles. The molecule has 1 heterocycles. The van der Waals surface area contributed by atoms with Crippen molar-refractivity contribution in [3.05, 3.63) is 40.7 Å². The molecule has 2 rings (SSSR count). The Morgan fingerprint density at radius 3 is 3.00 bits per heavy atom. The fraction of sp³-hybridized carbons (Fsp3) is 0.182. The molecule has 3 nitrogen and oxygen atoms in total. The zero-order valence-electron chi connectivity index (χ0n) is 8.74. The third kappa shape index (κ3) is 2.71. The molecule has 0 amide bonds. The Labute approximate surface area is 103 Å². The second kappa shape index (κ2) is 4.80. The Balaban J connectivity index is 2.07. The van der Waals surface area contributed by atoms with Gasteiger partial charge in [0.25, 0.3) is 5.22 Å². The van der Waals surface area contributed by atoms with Gasteiger partial charge in [0.15, 0.2) is 0 Å². The number of thioether (sulfide) groups is 1. The van der Waals surface area contributed by atoms with E-state index < -0.39 is 0 Å². The summed E-state index contributed by atoms with van der Waals surface area (Å²) in [7, 11) is 0. The summed E-state index contributed by atoms with van der Waals surface area (Å²) >= 11 is 7.55. The molecule has 2 aromatic rings. The molecule has 2 N–H and O–H groups in total. The van der Waals surface area contributed by atoms with Crippen molar-refractivity contribution in [3.8, 4) is 0 Å². The number of anilines is 1. The molecule has 0 atom stereocenters. The Bertz CT molecular complexity index is 498. The summed E-state index contributed by atoms with van der Waals surface area (Å²) in [6.45, 7) is 1.89. The van der Waals surface area contributed by atoms with Gasteiger partial charge in [-0.3, -0.25) is 0 Å². The Kier molecular flexibility index (Phi) is 3.41. The first-order chi connectivity index (χ1) is 7.65. The molecule has 0 aliphatic rings. The van der Waals surface area contributed by atoms with E-state index in [1.54, 1.807) is 18.4 Å². The molecule has 0 fully saturated rings. The Hall–Kier alpha value is -1.13. The normalized spacial score (nSPS) is 10.6. The number of halogens is 1. The van der Waals surface area contributed by atoms with Gasteiger partial charge in [-0.2, -0.15) is 0 Å². The van der Waals surface area contributed by atoms with Gasteiger partial charge in [-0.05, 0) is 30.7 Å². The molecule has 84 valence electrons. The minimum atomic E-state index is 0.649. The highest BCUT2D eigenvalue weighted by molar-refractivity contribution is 7.98. The zero-order chi connectivity index (χ0) is 11.5. The highest BCUT2D eigenvalue weighted by Crippen LogP contribution is 2.27. The van der Waals surface area contributed by atoms with Crippen LogP contribution in [-0.4, -0.2) is 4.98 Å². The van der Waals surface area contributed by atoms with Gasteiger partial charge in [-0.1, -0.05) is 23.4 Å². The largest absolute Gasteiger partial charge is 0.440 e. The molecule has 0 radical (unpaired) electrons.